The quantitative estimate of drug-likeness (QED) is 0.404. The highest BCUT2D eigenvalue weighted by atomic mass is 19.3. The molecule has 4 N–H and O–H groups in total. The third kappa shape index (κ3) is 3.77. The molecule has 0 atom stereocenters. The minimum atomic E-state index is -2.86. The molecule has 7 heteroatoms. The Morgan fingerprint density at radius 1 is 1.40 bits per heavy atom. The summed E-state index contributed by atoms with van der Waals surface area (Å²) in [5.41, 5.74) is 7.20. The van der Waals surface area contributed by atoms with E-state index in [-0.39, 0.29) is 11.7 Å². The molecule has 0 aliphatic carbocycles. The van der Waals surface area contributed by atoms with Crippen molar-refractivity contribution in [2.45, 2.75) is 6.61 Å². The highest BCUT2D eigenvalue weighted by Gasteiger charge is 2.03. The molecule has 0 aliphatic heterocycles. The van der Waals surface area contributed by atoms with Gasteiger partial charge in [-0.1, -0.05) is 0 Å². The van der Waals surface area contributed by atoms with Crippen LogP contribution >= 0.6 is 0 Å². The first-order chi connectivity index (χ1) is 7.11. The number of nitrogens with zero attached hydrogens (tertiary/aromatic N) is 1. The van der Waals surface area contributed by atoms with Crippen molar-refractivity contribution >= 4 is 11.6 Å². The Morgan fingerprint density at radius 2 is 2.00 bits per heavy atom. The summed E-state index contributed by atoms with van der Waals surface area (Å²) in [6.07, 6.45) is 0. The normalized spacial score (nSPS) is 11.6. The lowest BCUT2D eigenvalue weighted by Crippen LogP contribution is -2.27. The van der Waals surface area contributed by atoms with Gasteiger partial charge in [0.2, 0.25) is 5.96 Å². The zero-order chi connectivity index (χ0) is 11.3. The third-order valence-corrected chi connectivity index (χ3v) is 1.43. The fraction of sp³-hybridized carbons (Fsp3) is 0.125. The summed E-state index contributed by atoms with van der Waals surface area (Å²) in [5, 5.41) is 8.34. The van der Waals surface area contributed by atoms with E-state index in [1.807, 2.05) is 0 Å². The van der Waals surface area contributed by atoms with Crippen molar-refractivity contribution in [2.75, 3.05) is 0 Å². The molecule has 5 nitrogen and oxygen atoms in total. The molecular weight excluding hydrogens is 208 g/mol. The minimum absolute atomic E-state index is 0.0273. The molecule has 0 radical (unpaired) electrons. The van der Waals surface area contributed by atoms with Gasteiger partial charge in [0.15, 0.2) is 0 Å². The van der Waals surface area contributed by atoms with Crippen LogP contribution in [0.3, 0.4) is 0 Å². The van der Waals surface area contributed by atoms with Crippen LogP contribution in [0.2, 0.25) is 0 Å². The Bertz CT molecular complexity index is 340. The smallest absolute Gasteiger partial charge is 0.387 e. The molecular formula is C8H9F2N3O2. The standard InChI is InChI=1S/C8H9F2N3O2/c9-7(10)15-6-3-1-5(2-4-6)12-8(11)13-14/h1-4,7,14H,(H3,11,12,13). The van der Waals surface area contributed by atoms with Crippen molar-refractivity contribution in [1.29, 1.82) is 0 Å². The lowest BCUT2D eigenvalue weighted by molar-refractivity contribution is -0.0498. The third-order valence-electron chi connectivity index (χ3n) is 1.43. The maximum absolute atomic E-state index is 11.8. The Kier molecular flexibility index (Phi) is 3.81. The summed E-state index contributed by atoms with van der Waals surface area (Å²) >= 11 is 0. The zero-order valence-corrected chi connectivity index (χ0v) is 7.52. The van der Waals surface area contributed by atoms with Crippen LogP contribution in [0, 0.1) is 0 Å². The lowest BCUT2D eigenvalue weighted by Gasteiger charge is -2.03. The second-order valence-electron chi connectivity index (χ2n) is 2.48. The Labute approximate surface area is 84.1 Å². The van der Waals surface area contributed by atoms with E-state index in [1.54, 1.807) is 5.48 Å². The highest BCUT2D eigenvalue weighted by molar-refractivity contribution is 5.79. The number of ether oxygens (including phenoxy) is 1. The van der Waals surface area contributed by atoms with Crippen LogP contribution in [-0.2, 0) is 0 Å². The summed E-state index contributed by atoms with van der Waals surface area (Å²) in [4.78, 5) is 3.69. The number of rotatable bonds is 3. The number of benzene rings is 1. The van der Waals surface area contributed by atoms with E-state index in [9.17, 15) is 8.78 Å². The average Bonchev–Trinajstić information content (AvgIpc) is 2.20. The predicted molar refractivity (Wildman–Crippen MR) is 49.3 cm³/mol. The van der Waals surface area contributed by atoms with E-state index in [0.29, 0.717) is 5.69 Å². The van der Waals surface area contributed by atoms with E-state index >= 15 is 0 Å². The van der Waals surface area contributed by atoms with Crippen molar-refractivity contribution in [3.63, 3.8) is 0 Å². The zero-order valence-electron chi connectivity index (χ0n) is 7.52. The first-order valence-electron chi connectivity index (χ1n) is 3.91. The fourth-order valence-corrected chi connectivity index (χ4v) is 0.866. The van der Waals surface area contributed by atoms with Crippen molar-refractivity contribution in [2.24, 2.45) is 10.7 Å². The second-order valence-corrected chi connectivity index (χ2v) is 2.48. The van der Waals surface area contributed by atoms with Crippen LogP contribution < -0.4 is 16.0 Å². The topological polar surface area (TPSA) is 79.9 Å². The molecule has 0 saturated heterocycles. The van der Waals surface area contributed by atoms with Gasteiger partial charge >= 0.3 is 6.61 Å². The number of hydrogen-bond donors (Lipinski definition) is 3. The molecule has 0 spiro atoms. The largest absolute Gasteiger partial charge is 0.435 e. The second kappa shape index (κ2) is 5.11. The number of guanidine groups is 1. The van der Waals surface area contributed by atoms with Crippen LogP contribution in [0.5, 0.6) is 5.75 Å². The molecule has 0 fully saturated rings. The van der Waals surface area contributed by atoms with Crippen molar-refractivity contribution in [3.8, 4) is 5.75 Å². The first kappa shape index (κ1) is 11.2. The summed E-state index contributed by atoms with van der Waals surface area (Å²) in [5.74, 6) is -0.169. The van der Waals surface area contributed by atoms with Gasteiger partial charge < -0.3 is 10.5 Å². The molecule has 0 aromatic heterocycles. The summed E-state index contributed by atoms with van der Waals surface area (Å²) in [7, 11) is 0. The van der Waals surface area contributed by atoms with E-state index in [4.69, 9.17) is 10.9 Å². The summed E-state index contributed by atoms with van der Waals surface area (Å²) in [6, 6.07) is 5.47. The molecule has 0 bridgehead atoms. The Morgan fingerprint density at radius 3 is 2.47 bits per heavy atom. The maximum Gasteiger partial charge on any atom is 0.387 e. The van der Waals surface area contributed by atoms with Crippen LogP contribution in [0.25, 0.3) is 0 Å². The van der Waals surface area contributed by atoms with Crippen molar-refractivity contribution in [3.05, 3.63) is 24.3 Å². The molecule has 1 rings (SSSR count). The number of halogens is 2. The number of aliphatic imine (C=N–C) groups is 1. The van der Waals surface area contributed by atoms with Gasteiger partial charge in [0.25, 0.3) is 0 Å². The highest BCUT2D eigenvalue weighted by Crippen LogP contribution is 2.19. The van der Waals surface area contributed by atoms with Gasteiger partial charge in [-0.15, -0.1) is 0 Å². The van der Waals surface area contributed by atoms with Gasteiger partial charge in [-0.05, 0) is 24.3 Å². The Hall–Kier alpha value is -1.89. The lowest BCUT2D eigenvalue weighted by atomic mass is 10.3. The SMILES string of the molecule is NC(=Nc1ccc(OC(F)F)cc1)NO. The van der Waals surface area contributed by atoms with Gasteiger partial charge in [0.1, 0.15) is 5.75 Å². The molecule has 0 unspecified atom stereocenters. The van der Waals surface area contributed by atoms with E-state index in [0.717, 1.165) is 0 Å². The van der Waals surface area contributed by atoms with Crippen molar-refractivity contribution in [1.82, 2.24) is 5.48 Å². The van der Waals surface area contributed by atoms with Crippen LogP contribution in [-0.4, -0.2) is 17.8 Å². The van der Waals surface area contributed by atoms with Gasteiger partial charge in [0, 0.05) is 0 Å². The van der Waals surface area contributed by atoms with Gasteiger partial charge in [0.05, 0.1) is 5.69 Å². The number of hydroxylamine groups is 1. The number of alkyl halides is 2. The molecule has 0 aliphatic rings. The van der Waals surface area contributed by atoms with Gasteiger partial charge in [-0.3, -0.25) is 5.21 Å². The molecule has 0 amide bonds. The molecule has 15 heavy (non-hydrogen) atoms. The molecule has 82 valence electrons. The summed E-state index contributed by atoms with van der Waals surface area (Å²) in [6.45, 7) is -2.86. The first-order valence-corrected chi connectivity index (χ1v) is 3.91. The fourth-order valence-electron chi connectivity index (χ4n) is 0.866. The number of nitrogens with two attached hydrogens (primary N) is 1. The van der Waals surface area contributed by atoms with Gasteiger partial charge in [-0.25, -0.2) is 10.5 Å². The maximum atomic E-state index is 11.8. The van der Waals surface area contributed by atoms with Crippen LogP contribution in [0.15, 0.2) is 29.3 Å². The molecule has 0 saturated carbocycles. The van der Waals surface area contributed by atoms with Crippen molar-refractivity contribution < 1.29 is 18.7 Å². The van der Waals surface area contributed by atoms with E-state index in [1.165, 1.54) is 24.3 Å². The minimum Gasteiger partial charge on any atom is -0.435 e. The Balaban J connectivity index is 2.72. The predicted octanol–water partition coefficient (Wildman–Crippen LogP) is 1.21. The van der Waals surface area contributed by atoms with E-state index < -0.39 is 6.61 Å². The molecule has 1 aromatic carbocycles. The number of nitrogens with one attached hydrogen (secondary N) is 1. The summed E-state index contributed by atoms with van der Waals surface area (Å²) < 4.78 is 27.7. The van der Waals surface area contributed by atoms with Gasteiger partial charge in [-0.2, -0.15) is 8.78 Å². The molecule has 0 heterocycles. The van der Waals surface area contributed by atoms with Crippen LogP contribution in [0.1, 0.15) is 0 Å². The van der Waals surface area contributed by atoms with E-state index in [2.05, 4.69) is 9.73 Å². The van der Waals surface area contributed by atoms with Crippen LogP contribution in [0.4, 0.5) is 14.5 Å². The monoisotopic (exact) mass is 217 g/mol. The molecule has 1 aromatic rings. The number of hydrogen-bond acceptors (Lipinski definition) is 3. The average molecular weight is 217 g/mol.